The first-order valence-electron chi connectivity index (χ1n) is 5.46. The normalized spacial score (nSPS) is 19.2. The Morgan fingerprint density at radius 2 is 2.47 bits per heavy atom. The molecular formula is C11H15N3O3. The Labute approximate surface area is 98.9 Å². The lowest BCUT2D eigenvalue weighted by atomic mass is 10.2. The lowest BCUT2D eigenvalue weighted by molar-refractivity contribution is 0.0656. The number of hydrogen-bond acceptors (Lipinski definition) is 5. The van der Waals surface area contributed by atoms with Crippen LogP contribution < -0.4 is 16.2 Å². The number of rotatable bonds is 4. The molecule has 1 atom stereocenters. The largest absolute Gasteiger partial charge is 0.474 e. The van der Waals surface area contributed by atoms with Crippen LogP contribution in [-0.2, 0) is 4.74 Å². The topological polar surface area (TPSA) is 100 Å². The van der Waals surface area contributed by atoms with Crippen molar-refractivity contribution in [3.8, 4) is 5.88 Å². The number of pyridine rings is 1. The van der Waals surface area contributed by atoms with E-state index in [2.05, 4.69) is 4.98 Å². The van der Waals surface area contributed by atoms with Gasteiger partial charge in [0.15, 0.2) is 0 Å². The Morgan fingerprint density at radius 1 is 1.65 bits per heavy atom. The summed E-state index contributed by atoms with van der Waals surface area (Å²) < 4.78 is 10.8. The predicted molar refractivity (Wildman–Crippen MR) is 61.6 cm³/mol. The standard InChI is InChI=1S/C11H15N3O3/c12-7-4-9(10(13)15)11(14-5-7)17-6-8-2-1-3-16-8/h4-5,8H,1-3,6,12H2,(H2,13,15). The molecule has 92 valence electrons. The van der Waals surface area contributed by atoms with Gasteiger partial charge in [0.25, 0.3) is 5.91 Å². The molecule has 1 unspecified atom stereocenters. The van der Waals surface area contributed by atoms with E-state index in [1.807, 2.05) is 0 Å². The van der Waals surface area contributed by atoms with Crippen LogP contribution in [0.5, 0.6) is 5.88 Å². The summed E-state index contributed by atoms with van der Waals surface area (Å²) in [5.74, 6) is -0.394. The van der Waals surface area contributed by atoms with Crippen molar-refractivity contribution in [1.82, 2.24) is 4.98 Å². The van der Waals surface area contributed by atoms with Crippen molar-refractivity contribution in [1.29, 1.82) is 0 Å². The SMILES string of the molecule is NC(=O)c1cc(N)cnc1OCC1CCCO1. The van der Waals surface area contributed by atoms with Gasteiger partial charge < -0.3 is 20.9 Å². The van der Waals surface area contributed by atoms with Crippen LogP contribution >= 0.6 is 0 Å². The number of ether oxygens (including phenoxy) is 2. The van der Waals surface area contributed by atoms with Crippen molar-refractivity contribution < 1.29 is 14.3 Å². The number of hydrogen-bond donors (Lipinski definition) is 2. The van der Waals surface area contributed by atoms with Crippen molar-refractivity contribution in [3.63, 3.8) is 0 Å². The van der Waals surface area contributed by atoms with Gasteiger partial charge in [0.2, 0.25) is 5.88 Å². The highest BCUT2D eigenvalue weighted by Crippen LogP contribution is 2.19. The lowest BCUT2D eigenvalue weighted by Crippen LogP contribution is -2.20. The first-order valence-corrected chi connectivity index (χ1v) is 5.46. The third-order valence-electron chi connectivity index (χ3n) is 2.57. The first-order chi connectivity index (χ1) is 8.16. The second-order valence-electron chi connectivity index (χ2n) is 3.93. The third kappa shape index (κ3) is 2.85. The van der Waals surface area contributed by atoms with E-state index in [9.17, 15) is 4.79 Å². The zero-order chi connectivity index (χ0) is 12.3. The van der Waals surface area contributed by atoms with Gasteiger partial charge in [0, 0.05) is 6.61 Å². The molecule has 0 bridgehead atoms. The summed E-state index contributed by atoms with van der Waals surface area (Å²) in [6, 6.07) is 1.46. The molecule has 6 heteroatoms. The van der Waals surface area contributed by atoms with Gasteiger partial charge in [-0.1, -0.05) is 0 Å². The van der Waals surface area contributed by atoms with Gasteiger partial charge in [0.1, 0.15) is 12.2 Å². The van der Waals surface area contributed by atoms with E-state index < -0.39 is 5.91 Å². The first kappa shape index (κ1) is 11.7. The minimum Gasteiger partial charge on any atom is -0.474 e. The summed E-state index contributed by atoms with van der Waals surface area (Å²) in [6.07, 6.45) is 3.49. The van der Waals surface area contributed by atoms with E-state index >= 15 is 0 Å². The second-order valence-corrected chi connectivity index (χ2v) is 3.93. The minimum absolute atomic E-state index is 0.0649. The summed E-state index contributed by atoms with van der Waals surface area (Å²) in [6.45, 7) is 1.13. The maximum absolute atomic E-state index is 11.2. The van der Waals surface area contributed by atoms with E-state index in [4.69, 9.17) is 20.9 Å². The lowest BCUT2D eigenvalue weighted by Gasteiger charge is -2.12. The van der Waals surface area contributed by atoms with Crippen LogP contribution in [0.1, 0.15) is 23.2 Å². The number of nitrogens with two attached hydrogens (primary N) is 2. The van der Waals surface area contributed by atoms with E-state index in [1.54, 1.807) is 0 Å². The summed E-state index contributed by atoms with van der Waals surface area (Å²) in [5, 5.41) is 0. The molecule has 1 aromatic rings. The molecule has 1 aromatic heterocycles. The van der Waals surface area contributed by atoms with Gasteiger partial charge in [-0.25, -0.2) is 4.98 Å². The summed E-state index contributed by atoms with van der Waals surface area (Å²) in [5.41, 5.74) is 11.3. The number of nitrogen functional groups attached to an aromatic ring is 1. The van der Waals surface area contributed by atoms with Crippen LogP contribution in [0.15, 0.2) is 12.3 Å². The molecular weight excluding hydrogens is 222 g/mol. The maximum atomic E-state index is 11.2. The number of amides is 1. The Balaban J connectivity index is 2.06. The van der Waals surface area contributed by atoms with Gasteiger partial charge in [-0.05, 0) is 18.9 Å². The molecule has 6 nitrogen and oxygen atoms in total. The average Bonchev–Trinajstić information content (AvgIpc) is 2.80. The van der Waals surface area contributed by atoms with Crippen LogP contribution in [0, 0.1) is 0 Å². The average molecular weight is 237 g/mol. The molecule has 2 rings (SSSR count). The molecule has 0 saturated carbocycles. The van der Waals surface area contributed by atoms with E-state index in [1.165, 1.54) is 12.3 Å². The fourth-order valence-corrected chi connectivity index (χ4v) is 1.71. The Bertz CT molecular complexity index is 416. The molecule has 17 heavy (non-hydrogen) atoms. The highest BCUT2D eigenvalue weighted by molar-refractivity contribution is 5.95. The molecule has 4 N–H and O–H groups in total. The summed E-state index contributed by atoms with van der Waals surface area (Å²) in [4.78, 5) is 15.1. The number of nitrogens with zero attached hydrogens (tertiary/aromatic N) is 1. The Kier molecular flexibility index (Phi) is 3.43. The molecule has 0 spiro atoms. The van der Waals surface area contributed by atoms with E-state index in [0.29, 0.717) is 12.3 Å². The number of anilines is 1. The predicted octanol–water partition coefficient (Wildman–Crippen LogP) is 0.320. The molecule has 1 aliphatic rings. The van der Waals surface area contributed by atoms with Gasteiger partial charge >= 0.3 is 0 Å². The number of carbonyl (C=O) groups excluding carboxylic acids is 1. The monoisotopic (exact) mass is 237 g/mol. The van der Waals surface area contributed by atoms with E-state index in [-0.39, 0.29) is 17.5 Å². The molecule has 0 aromatic carbocycles. The highest BCUT2D eigenvalue weighted by atomic mass is 16.5. The van der Waals surface area contributed by atoms with Crippen LogP contribution in [0.25, 0.3) is 0 Å². The number of primary amides is 1. The third-order valence-corrected chi connectivity index (χ3v) is 2.57. The van der Waals surface area contributed by atoms with Crippen molar-refractivity contribution in [3.05, 3.63) is 17.8 Å². The fourth-order valence-electron chi connectivity index (χ4n) is 1.71. The van der Waals surface area contributed by atoms with Crippen molar-refractivity contribution >= 4 is 11.6 Å². The molecule has 2 heterocycles. The smallest absolute Gasteiger partial charge is 0.254 e. The number of carbonyl (C=O) groups is 1. The molecule has 1 saturated heterocycles. The Hall–Kier alpha value is -1.82. The molecule has 1 aliphatic heterocycles. The molecule has 0 radical (unpaired) electrons. The molecule has 1 fully saturated rings. The quantitative estimate of drug-likeness (QED) is 0.785. The van der Waals surface area contributed by atoms with Crippen molar-refractivity contribution in [2.45, 2.75) is 18.9 Å². The summed E-state index contributed by atoms with van der Waals surface area (Å²) >= 11 is 0. The molecule has 0 aliphatic carbocycles. The second kappa shape index (κ2) is 5.01. The van der Waals surface area contributed by atoms with Gasteiger partial charge in [-0.2, -0.15) is 0 Å². The maximum Gasteiger partial charge on any atom is 0.254 e. The molecule has 1 amide bonds. The number of aromatic nitrogens is 1. The van der Waals surface area contributed by atoms with Crippen LogP contribution in [0.4, 0.5) is 5.69 Å². The zero-order valence-electron chi connectivity index (χ0n) is 9.39. The fraction of sp³-hybridized carbons (Fsp3) is 0.455. The van der Waals surface area contributed by atoms with E-state index in [0.717, 1.165) is 19.4 Å². The van der Waals surface area contributed by atoms with Gasteiger partial charge in [-0.15, -0.1) is 0 Å². The van der Waals surface area contributed by atoms with Crippen LogP contribution in [0.2, 0.25) is 0 Å². The van der Waals surface area contributed by atoms with Crippen molar-refractivity contribution in [2.24, 2.45) is 5.73 Å². The Morgan fingerprint density at radius 3 is 3.12 bits per heavy atom. The van der Waals surface area contributed by atoms with Gasteiger partial charge in [0.05, 0.1) is 18.0 Å². The highest BCUT2D eigenvalue weighted by Gasteiger charge is 2.18. The van der Waals surface area contributed by atoms with Crippen molar-refractivity contribution in [2.75, 3.05) is 18.9 Å². The zero-order valence-corrected chi connectivity index (χ0v) is 9.39. The van der Waals surface area contributed by atoms with Crippen LogP contribution in [0.3, 0.4) is 0 Å². The summed E-state index contributed by atoms with van der Waals surface area (Å²) in [7, 11) is 0. The van der Waals surface area contributed by atoms with Gasteiger partial charge in [-0.3, -0.25) is 4.79 Å². The van der Waals surface area contributed by atoms with Crippen LogP contribution in [-0.4, -0.2) is 30.2 Å². The minimum atomic E-state index is -0.604.